The third kappa shape index (κ3) is 2.61. The Labute approximate surface area is 105 Å². The molecule has 0 radical (unpaired) electrons. The monoisotopic (exact) mass is 252 g/mol. The summed E-state index contributed by atoms with van der Waals surface area (Å²) in [5, 5.41) is 2.65. The van der Waals surface area contributed by atoms with Crippen molar-refractivity contribution in [2.24, 2.45) is 0 Å². The molecule has 1 aliphatic carbocycles. The summed E-state index contributed by atoms with van der Waals surface area (Å²) in [6, 6.07) is 4.23. The van der Waals surface area contributed by atoms with Crippen LogP contribution in [0.5, 0.6) is 0 Å². The number of hydrogen-bond acceptors (Lipinski definition) is 3. The van der Waals surface area contributed by atoms with E-state index < -0.39 is 5.82 Å². The van der Waals surface area contributed by atoms with Crippen molar-refractivity contribution in [1.29, 1.82) is 0 Å². The molecule has 1 aromatic rings. The van der Waals surface area contributed by atoms with Crippen LogP contribution in [-0.2, 0) is 9.53 Å². The normalized spacial score (nSPS) is 17.0. The molecular weight excluding hydrogens is 235 g/mol. The molecule has 4 nitrogen and oxygen atoms in total. The zero-order valence-corrected chi connectivity index (χ0v) is 10.3. The van der Waals surface area contributed by atoms with Gasteiger partial charge in [0.05, 0.1) is 17.7 Å². The van der Waals surface area contributed by atoms with Crippen molar-refractivity contribution in [3.63, 3.8) is 0 Å². The van der Waals surface area contributed by atoms with Gasteiger partial charge in [0.1, 0.15) is 5.82 Å². The van der Waals surface area contributed by atoms with Gasteiger partial charge in [-0.25, -0.2) is 4.39 Å². The zero-order valence-electron chi connectivity index (χ0n) is 10.3. The molecule has 0 heterocycles. The van der Waals surface area contributed by atoms with Crippen LogP contribution < -0.4 is 11.1 Å². The van der Waals surface area contributed by atoms with Crippen molar-refractivity contribution in [3.05, 3.63) is 24.0 Å². The van der Waals surface area contributed by atoms with Gasteiger partial charge in [0, 0.05) is 12.8 Å². The molecule has 0 atom stereocenters. The Kier molecular flexibility index (Phi) is 3.52. The number of ether oxygens (including phenoxy) is 1. The number of rotatable bonds is 4. The molecule has 0 saturated heterocycles. The Morgan fingerprint density at radius 1 is 1.56 bits per heavy atom. The van der Waals surface area contributed by atoms with E-state index in [9.17, 15) is 9.18 Å². The Morgan fingerprint density at radius 3 is 2.78 bits per heavy atom. The highest BCUT2D eigenvalue weighted by Crippen LogP contribution is 2.38. The fourth-order valence-electron chi connectivity index (χ4n) is 2.13. The number of nitrogen functional groups attached to an aromatic ring is 1. The summed E-state index contributed by atoms with van der Waals surface area (Å²) in [4.78, 5) is 11.8. The van der Waals surface area contributed by atoms with Crippen LogP contribution in [-0.4, -0.2) is 18.6 Å². The smallest absolute Gasteiger partial charge is 0.227 e. The minimum atomic E-state index is -0.530. The Hall–Kier alpha value is -1.62. The van der Waals surface area contributed by atoms with Crippen LogP contribution in [0.15, 0.2) is 18.2 Å². The topological polar surface area (TPSA) is 64.3 Å². The number of nitrogens with two attached hydrogens (primary N) is 1. The van der Waals surface area contributed by atoms with Crippen molar-refractivity contribution < 1.29 is 13.9 Å². The maximum atomic E-state index is 13.2. The quantitative estimate of drug-likeness (QED) is 0.808. The van der Waals surface area contributed by atoms with Crippen LogP contribution >= 0.6 is 0 Å². The first kappa shape index (κ1) is 12.8. The summed E-state index contributed by atoms with van der Waals surface area (Å²) in [6.07, 6.45) is 3.17. The van der Waals surface area contributed by atoms with E-state index in [0.717, 1.165) is 19.3 Å². The highest BCUT2D eigenvalue weighted by Gasteiger charge is 2.38. The molecular formula is C13H17FN2O2. The van der Waals surface area contributed by atoms with E-state index in [1.54, 1.807) is 13.2 Å². The first-order valence-corrected chi connectivity index (χ1v) is 5.95. The molecule has 1 fully saturated rings. The molecule has 1 saturated carbocycles. The average molecular weight is 252 g/mol. The number of benzene rings is 1. The van der Waals surface area contributed by atoms with E-state index in [-0.39, 0.29) is 17.2 Å². The maximum absolute atomic E-state index is 13.2. The molecule has 0 spiro atoms. The molecule has 1 aromatic carbocycles. The summed E-state index contributed by atoms with van der Waals surface area (Å²) in [5.74, 6) is -0.696. The van der Waals surface area contributed by atoms with Crippen LogP contribution in [0.25, 0.3) is 0 Å². The van der Waals surface area contributed by atoms with Gasteiger partial charge in [-0.1, -0.05) is 0 Å². The lowest BCUT2D eigenvalue weighted by Gasteiger charge is -2.39. The molecule has 5 heteroatoms. The Bertz CT molecular complexity index is 453. The largest absolute Gasteiger partial charge is 0.396 e. The van der Waals surface area contributed by atoms with Crippen LogP contribution in [0.3, 0.4) is 0 Å². The highest BCUT2D eigenvalue weighted by atomic mass is 19.1. The van der Waals surface area contributed by atoms with Gasteiger partial charge in [0.2, 0.25) is 5.91 Å². The zero-order chi connectivity index (χ0) is 13.2. The van der Waals surface area contributed by atoms with Gasteiger partial charge in [-0.2, -0.15) is 0 Å². The second-order valence-electron chi connectivity index (χ2n) is 4.70. The predicted molar refractivity (Wildman–Crippen MR) is 67.7 cm³/mol. The fourth-order valence-corrected chi connectivity index (χ4v) is 2.13. The summed E-state index contributed by atoms with van der Waals surface area (Å²) < 4.78 is 18.6. The van der Waals surface area contributed by atoms with Gasteiger partial charge in [0.25, 0.3) is 0 Å². The van der Waals surface area contributed by atoms with Crippen LogP contribution in [0, 0.1) is 5.82 Å². The standard InChI is InChI=1S/C13H17FN2O2/c1-18-13(5-2-6-13)8-12(17)16-9-3-4-11(15)10(14)7-9/h3-4,7H,2,5-6,8,15H2,1H3,(H,16,17). The molecule has 2 rings (SSSR count). The third-order valence-electron chi connectivity index (χ3n) is 3.46. The molecule has 1 amide bonds. The van der Waals surface area contributed by atoms with E-state index in [2.05, 4.69) is 5.32 Å². The molecule has 0 aliphatic heterocycles. The van der Waals surface area contributed by atoms with Crippen LogP contribution in [0.2, 0.25) is 0 Å². The molecule has 0 bridgehead atoms. The maximum Gasteiger partial charge on any atom is 0.227 e. The number of hydrogen-bond donors (Lipinski definition) is 2. The van der Waals surface area contributed by atoms with E-state index in [1.807, 2.05) is 0 Å². The summed E-state index contributed by atoms with van der Waals surface area (Å²) in [6.45, 7) is 0. The fraction of sp³-hybridized carbons (Fsp3) is 0.462. The Morgan fingerprint density at radius 2 is 2.28 bits per heavy atom. The first-order chi connectivity index (χ1) is 8.54. The van der Waals surface area contributed by atoms with E-state index >= 15 is 0 Å². The van der Waals surface area contributed by atoms with Gasteiger partial charge in [-0.15, -0.1) is 0 Å². The van der Waals surface area contributed by atoms with E-state index in [1.165, 1.54) is 12.1 Å². The summed E-state index contributed by atoms with van der Waals surface area (Å²) >= 11 is 0. The highest BCUT2D eigenvalue weighted by molar-refractivity contribution is 5.91. The van der Waals surface area contributed by atoms with Crippen molar-refractivity contribution in [2.45, 2.75) is 31.3 Å². The van der Waals surface area contributed by atoms with Crippen LogP contribution in [0.1, 0.15) is 25.7 Å². The number of nitrogens with one attached hydrogen (secondary N) is 1. The first-order valence-electron chi connectivity index (χ1n) is 5.95. The van der Waals surface area contributed by atoms with Crippen molar-refractivity contribution in [1.82, 2.24) is 0 Å². The van der Waals surface area contributed by atoms with Crippen LogP contribution in [0.4, 0.5) is 15.8 Å². The van der Waals surface area contributed by atoms with Gasteiger partial charge >= 0.3 is 0 Å². The lowest BCUT2D eigenvalue weighted by molar-refractivity contribution is -0.129. The number of carbonyl (C=O) groups excluding carboxylic acids is 1. The molecule has 0 unspecified atom stereocenters. The lowest BCUT2D eigenvalue weighted by Crippen LogP contribution is -2.42. The second kappa shape index (κ2) is 4.94. The molecule has 0 aromatic heterocycles. The number of anilines is 2. The van der Waals surface area contributed by atoms with Gasteiger partial charge in [0.15, 0.2) is 0 Å². The van der Waals surface area contributed by atoms with Crippen molar-refractivity contribution >= 4 is 17.3 Å². The predicted octanol–water partition coefficient (Wildman–Crippen LogP) is 2.31. The molecule has 18 heavy (non-hydrogen) atoms. The summed E-state index contributed by atoms with van der Waals surface area (Å²) in [5.41, 5.74) is 5.53. The molecule has 98 valence electrons. The van der Waals surface area contributed by atoms with Gasteiger partial charge in [-0.05, 0) is 37.5 Å². The van der Waals surface area contributed by atoms with Crippen molar-refractivity contribution in [3.8, 4) is 0 Å². The Balaban J connectivity index is 1.96. The second-order valence-corrected chi connectivity index (χ2v) is 4.70. The summed E-state index contributed by atoms with van der Waals surface area (Å²) in [7, 11) is 1.62. The SMILES string of the molecule is COC1(CC(=O)Nc2ccc(N)c(F)c2)CCC1. The number of halogens is 1. The third-order valence-corrected chi connectivity index (χ3v) is 3.46. The van der Waals surface area contributed by atoms with E-state index in [0.29, 0.717) is 12.1 Å². The molecule has 1 aliphatic rings. The number of carbonyl (C=O) groups is 1. The number of methoxy groups -OCH3 is 1. The average Bonchev–Trinajstić information content (AvgIpc) is 2.29. The lowest BCUT2D eigenvalue weighted by atomic mass is 9.77. The van der Waals surface area contributed by atoms with Crippen molar-refractivity contribution in [2.75, 3.05) is 18.2 Å². The van der Waals surface area contributed by atoms with E-state index in [4.69, 9.17) is 10.5 Å². The minimum Gasteiger partial charge on any atom is -0.396 e. The van der Waals surface area contributed by atoms with Gasteiger partial charge in [-0.3, -0.25) is 4.79 Å². The minimum absolute atomic E-state index is 0.0698. The van der Waals surface area contributed by atoms with Gasteiger partial charge < -0.3 is 15.8 Å². The number of amides is 1. The molecule has 3 N–H and O–H groups in total.